The molecule has 0 radical (unpaired) electrons. The quantitative estimate of drug-likeness (QED) is 0.306. The third-order valence-electron chi connectivity index (χ3n) is 7.85. The Balaban J connectivity index is 1.45. The van der Waals surface area contributed by atoms with Gasteiger partial charge >= 0.3 is 5.97 Å². The van der Waals surface area contributed by atoms with Crippen LogP contribution in [0.15, 0.2) is 76.0 Å². The van der Waals surface area contributed by atoms with Crippen molar-refractivity contribution in [3.8, 4) is 0 Å². The molecule has 0 spiro atoms. The molecule has 3 unspecified atom stereocenters. The minimum Gasteiger partial charge on any atom is -0.478 e. The molecule has 1 aliphatic carbocycles. The standard InChI is InChI=1S/C32H30N2O4/c1-17-12-25(19(3)33-16-20-8-4-5-9-22(20)32(36)37)31-27(13-17)29(35)18(2)30(38-31)26-14-21-15-28(34-21)24-11-7-6-10-23(24)26/h4-14,19,21,28,33-34H,15-16H2,1-3H3,(H,36,37). The number of rotatable bonds is 6. The van der Waals surface area contributed by atoms with E-state index in [0.29, 0.717) is 40.4 Å². The van der Waals surface area contributed by atoms with Crippen LogP contribution < -0.4 is 16.1 Å². The highest BCUT2D eigenvalue weighted by Crippen LogP contribution is 2.42. The van der Waals surface area contributed by atoms with Crippen molar-refractivity contribution in [2.24, 2.45) is 0 Å². The van der Waals surface area contributed by atoms with Crippen molar-refractivity contribution in [1.29, 1.82) is 0 Å². The molecule has 38 heavy (non-hydrogen) atoms. The Hall–Kier alpha value is -4.00. The lowest BCUT2D eigenvalue weighted by Gasteiger charge is -2.34. The van der Waals surface area contributed by atoms with Crippen LogP contribution in [0.2, 0.25) is 0 Å². The van der Waals surface area contributed by atoms with Gasteiger partial charge in [-0.05, 0) is 61.6 Å². The SMILES string of the molecule is Cc1cc(C(C)NCc2ccccc2C(=O)O)c2oc(C3=CC4CC(N4)c4ccccc43)c(C)c(=O)c2c1. The van der Waals surface area contributed by atoms with E-state index in [-0.39, 0.29) is 23.1 Å². The number of aryl methyl sites for hydroxylation is 1. The van der Waals surface area contributed by atoms with Crippen molar-refractivity contribution in [2.75, 3.05) is 0 Å². The summed E-state index contributed by atoms with van der Waals surface area (Å²) in [6.07, 6.45) is 3.22. The Bertz CT molecular complexity index is 1680. The van der Waals surface area contributed by atoms with E-state index in [1.54, 1.807) is 12.1 Å². The number of aromatic carboxylic acids is 1. The maximum absolute atomic E-state index is 13.7. The molecule has 3 heterocycles. The fourth-order valence-corrected chi connectivity index (χ4v) is 5.76. The first-order chi connectivity index (χ1) is 18.3. The molecular formula is C32H30N2O4. The number of fused-ring (bicyclic) bond motifs is 1. The summed E-state index contributed by atoms with van der Waals surface area (Å²) in [4.78, 5) is 25.4. The average molecular weight is 507 g/mol. The number of benzene rings is 3. The van der Waals surface area contributed by atoms with Gasteiger partial charge in [0.15, 0.2) is 5.43 Å². The largest absolute Gasteiger partial charge is 0.478 e. The highest BCUT2D eigenvalue weighted by atomic mass is 16.4. The van der Waals surface area contributed by atoms with E-state index in [1.165, 1.54) is 5.56 Å². The first-order valence-corrected chi connectivity index (χ1v) is 13.0. The van der Waals surface area contributed by atoms with Crippen LogP contribution in [0.25, 0.3) is 16.5 Å². The zero-order valence-corrected chi connectivity index (χ0v) is 21.7. The topological polar surface area (TPSA) is 91.6 Å². The van der Waals surface area contributed by atoms with Crippen LogP contribution >= 0.6 is 0 Å². The Labute approximate surface area is 221 Å². The van der Waals surface area contributed by atoms with E-state index < -0.39 is 5.97 Å². The van der Waals surface area contributed by atoms with Crippen molar-refractivity contribution in [3.63, 3.8) is 0 Å². The van der Waals surface area contributed by atoms with Crippen LogP contribution in [0.1, 0.15) is 74.9 Å². The van der Waals surface area contributed by atoms with Crippen LogP contribution in [0.5, 0.6) is 0 Å². The Morgan fingerprint density at radius 3 is 2.66 bits per heavy atom. The zero-order valence-electron chi connectivity index (χ0n) is 21.7. The molecule has 6 nitrogen and oxygen atoms in total. The number of nitrogens with one attached hydrogen (secondary N) is 2. The van der Waals surface area contributed by atoms with Gasteiger partial charge in [0.25, 0.3) is 0 Å². The van der Waals surface area contributed by atoms with E-state index in [1.807, 2.05) is 51.1 Å². The van der Waals surface area contributed by atoms with Crippen molar-refractivity contribution in [2.45, 2.75) is 51.9 Å². The smallest absolute Gasteiger partial charge is 0.336 e. The van der Waals surface area contributed by atoms with Crippen LogP contribution in [0, 0.1) is 13.8 Å². The summed E-state index contributed by atoms with van der Waals surface area (Å²) < 4.78 is 6.68. The molecule has 4 aromatic rings. The minimum absolute atomic E-state index is 0.0300. The molecule has 3 aliphatic rings. The van der Waals surface area contributed by atoms with Gasteiger partial charge in [0.2, 0.25) is 0 Å². The minimum atomic E-state index is -0.952. The molecule has 1 saturated heterocycles. The maximum atomic E-state index is 13.7. The summed E-state index contributed by atoms with van der Waals surface area (Å²) >= 11 is 0. The molecule has 3 N–H and O–H groups in total. The number of carboxylic acids is 1. The lowest BCUT2D eigenvalue weighted by molar-refractivity contribution is 0.0695. The van der Waals surface area contributed by atoms with Gasteiger partial charge in [-0.1, -0.05) is 54.6 Å². The summed E-state index contributed by atoms with van der Waals surface area (Å²) in [6.45, 7) is 6.20. The monoisotopic (exact) mass is 506 g/mol. The van der Waals surface area contributed by atoms with Crippen molar-refractivity contribution in [3.05, 3.63) is 122 Å². The summed E-state index contributed by atoms with van der Waals surface area (Å²) in [5.74, 6) is -0.343. The number of hydrogen-bond acceptors (Lipinski definition) is 5. The van der Waals surface area contributed by atoms with Gasteiger partial charge < -0.3 is 20.2 Å². The third-order valence-corrected chi connectivity index (χ3v) is 7.85. The van der Waals surface area contributed by atoms with Gasteiger partial charge in [-0.15, -0.1) is 0 Å². The predicted molar refractivity (Wildman–Crippen MR) is 148 cm³/mol. The van der Waals surface area contributed by atoms with Gasteiger partial charge in [0, 0.05) is 41.4 Å². The molecule has 0 amide bonds. The molecular weight excluding hydrogens is 476 g/mol. The Morgan fingerprint density at radius 2 is 1.87 bits per heavy atom. The molecule has 3 atom stereocenters. The molecule has 1 aromatic heterocycles. The van der Waals surface area contributed by atoms with Crippen molar-refractivity contribution < 1.29 is 14.3 Å². The van der Waals surface area contributed by atoms with Crippen LogP contribution in [0.3, 0.4) is 0 Å². The van der Waals surface area contributed by atoms with E-state index in [9.17, 15) is 14.7 Å². The second kappa shape index (κ2) is 9.39. The summed E-state index contributed by atoms with van der Waals surface area (Å²) in [7, 11) is 0. The van der Waals surface area contributed by atoms with Gasteiger partial charge in [-0.25, -0.2) is 4.79 Å². The highest BCUT2D eigenvalue weighted by Gasteiger charge is 2.35. The van der Waals surface area contributed by atoms with Crippen molar-refractivity contribution in [1.82, 2.24) is 10.6 Å². The van der Waals surface area contributed by atoms with Gasteiger partial charge in [0.1, 0.15) is 11.3 Å². The first-order valence-electron chi connectivity index (χ1n) is 13.0. The second-order valence-corrected chi connectivity index (χ2v) is 10.4. The molecule has 7 rings (SSSR count). The Kier molecular flexibility index (Phi) is 6.01. The van der Waals surface area contributed by atoms with Crippen molar-refractivity contribution >= 4 is 22.5 Å². The molecule has 2 bridgehead atoms. The Morgan fingerprint density at radius 1 is 1.13 bits per heavy atom. The lowest BCUT2D eigenvalue weighted by atomic mass is 9.91. The first kappa shape index (κ1) is 24.3. The van der Waals surface area contributed by atoms with Gasteiger partial charge in [-0.3, -0.25) is 4.79 Å². The second-order valence-electron chi connectivity index (χ2n) is 10.4. The van der Waals surface area contributed by atoms with Crippen LogP contribution in [0.4, 0.5) is 0 Å². The summed E-state index contributed by atoms with van der Waals surface area (Å²) in [5.41, 5.74) is 7.24. The van der Waals surface area contributed by atoms with E-state index in [2.05, 4.69) is 34.9 Å². The fourth-order valence-electron chi connectivity index (χ4n) is 5.76. The van der Waals surface area contributed by atoms with E-state index in [0.717, 1.165) is 28.7 Å². The maximum Gasteiger partial charge on any atom is 0.336 e. The molecule has 0 saturated carbocycles. The summed E-state index contributed by atoms with van der Waals surface area (Å²) in [5, 5.41) is 17.2. The van der Waals surface area contributed by atoms with E-state index in [4.69, 9.17) is 4.42 Å². The number of carbonyl (C=O) groups is 1. The van der Waals surface area contributed by atoms with Crippen LogP contribution in [-0.2, 0) is 6.54 Å². The molecule has 192 valence electrons. The molecule has 6 heteroatoms. The molecule has 3 aromatic carbocycles. The predicted octanol–water partition coefficient (Wildman–Crippen LogP) is 5.81. The average Bonchev–Trinajstić information content (AvgIpc) is 3.15. The van der Waals surface area contributed by atoms with Crippen LogP contribution in [-0.4, -0.2) is 17.1 Å². The van der Waals surface area contributed by atoms with E-state index >= 15 is 0 Å². The zero-order chi connectivity index (χ0) is 26.6. The molecule has 2 aliphatic heterocycles. The third kappa shape index (κ3) is 4.06. The summed E-state index contributed by atoms with van der Waals surface area (Å²) in [6, 6.07) is 19.6. The highest BCUT2D eigenvalue weighted by molar-refractivity contribution is 5.89. The van der Waals surface area contributed by atoms with Gasteiger partial charge in [-0.2, -0.15) is 0 Å². The van der Waals surface area contributed by atoms with Gasteiger partial charge in [0.05, 0.1) is 10.9 Å². The normalized spacial score (nSPS) is 18.8. The number of hydrogen-bond donors (Lipinski definition) is 3. The fraction of sp³-hybridized carbons (Fsp3) is 0.250. The lowest BCUT2D eigenvalue weighted by Crippen LogP contribution is -2.43. The number of carboxylic acid groups (broad SMARTS) is 1. The molecule has 1 fully saturated rings.